The van der Waals surface area contributed by atoms with Crippen LogP contribution in [0.15, 0.2) is 115 Å². The number of ether oxygens (including phenoxy) is 2. The Morgan fingerprint density at radius 2 is 1.40 bits per heavy atom. The minimum absolute atomic E-state index is 0.139. The maximum Gasteiger partial charge on any atom is 0.246 e. The number of hydrogen-bond acceptors (Lipinski definition) is 5. The molecular formula is C34H32N4O4. The number of nitrogens with one attached hydrogen (secondary N) is 1. The number of methoxy groups -OCH3 is 2. The van der Waals surface area contributed by atoms with Gasteiger partial charge in [0.15, 0.2) is 11.5 Å². The van der Waals surface area contributed by atoms with E-state index in [0.29, 0.717) is 29.7 Å². The van der Waals surface area contributed by atoms with Crippen molar-refractivity contribution in [3.05, 3.63) is 127 Å². The third-order valence-electron chi connectivity index (χ3n) is 6.77. The lowest BCUT2D eigenvalue weighted by Gasteiger charge is -2.22. The number of rotatable bonds is 11. The Kier molecular flexibility index (Phi) is 8.94. The zero-order chi connectivity index (χ0) is 29.3. The van der Waals surface area contributed by atoms with Gasteiger partial charge in [-0.15, -0.1) is 0 Å². The second-order valence-corrected chi connectivity index (χ2v) is 9.67. The first-order valence-corrected chi connectivity index (χ1v) is 13.6. The van der Waals surface area contributed by atoms with Gasteiger partial charge in [0.05, 0.1) is 32.0 Å². The monoisotopic (exact) mass is 560 g/mol. The summed E-state index contributed by atoms with van der Waals surface area (Å²) < 4.78 is 12.7. The van der Waals surface area contributed by atoms with Gasteiger partial charge in [-0.3, -0.25) is 19.5 Å². The summed E-state index contributed by atoms with van der Waals surface area (Å²) in [6, 6.07) is 34.3. The second kappa shape index (κ2) is 13.3. The van der Waals surface area contributed by atoms with Crippen LogP contribution in [0.5, 0.6) is 11.5 Å². The molecule has 0 radical (unpaired) electrons. The summed E-state index contributed by atoms with van der Waals surface area (Å²) in [4.78, 5) is 33.3. The number of amides is 2. The lowest BCUT2D eigenvalue weighted by Crippen LogP contribution is -2.38. The van der Waals surface area contributed by atoms with Crippen LogP contribution in [0.1, 0.15) is 11.1 Å². The number of hydrogen-bond donors (Lipinski definition) is 1. The SMILES string of the molecule is COc1ccc(-n2cc(-c3ccccc3)nc2NC(=O)CN(Cc2ccccc2)C(=O)Cc2ccccc2)cc1OC. The number of carbonyl (C=O) groups excluding carboxylic acids is 2. The molecule has 42 heavy (non-hydrogen) atoms. The summed E-state index contributed by atoms with van der Waals surface area (Å²) in [7, 11) is 3.15. The quantitative estimate of drug-likeness (QED) is 0.222. The molecular weight excluding hydrogens is 528 g/mol. The number of imidazole rings is 1. The predicted octanol–water partition coefficient (Wildman–Crippen LogP) is 5.77. The normalized spacial score (nSPS) is 10.6. The summed E-state index contributed by atoms with van der Waals surface area (Å²) in [6.45, 7) is 0.166. The first kappa shape index (κ1) is 28.2. The zero-order valence-electron chi connectivity index (χ0n) is 23.6. The number of anilines is 1. The summed E-state index contributed by atoms with van der Waals surface area (Å²) in [5.41, 5.74) is 4.12. The van der Waals surface area contributed by atoms with E-state index in [1.54, 1.807) is 29.8 Å². The molecule has 0 saturated heterocycles. The molecule has 4 aromatic carbocycles. The summed E-state index contributed by atoms with van der Waals surface area (Å²) in [5, 5.41) is 2.95. The Balaban J connectivity index is 1.43. The number of benzene rings is 4. The van der Waals surface area contributed by atoms with Crippen LogP contribution in [0.3, 0.4) is 0 Å². The topological polar surface area (TPSA) is 85.7 Å². The molecule has 8 nitrogen and oxygen atoms in total. The molecule has 0 saturated carbocycles. The van der Waals surface area contributed by atoms with Gasteiger partial charge in [0, 0.05) is 24.4 Å². The van der Waals surface area contributed by atoms with Gasteiger partial charge in [-0.1, -0.05) is 91.0 Å². The molecule has 0 aliphatic rings. The van der Waals surface area contributed by atoms with E-state index in [2.05, 4.69) is 5.32 Å². The molecule has 212 valence electrons. The van der Waals surface area contributed by atoms with Crippen LogP contribution in [-0.2, 0) is 22.6 Å². The standard InChI is InChI=1S/C34H32N4O4/c1-41-30-19-18-28(21-31(30)42-2)38-23-29(27-16-10-5-11-17-27)35-34(38)36-32(39)24-37(22-26-14-8-4-9-15-26)33(40)20-25-12-6-3-7-13-25/h3-19,21,23H,20,22,24H2,1-2H3,(H,35,36,39). The summed E-state index contributed by atoms with van der Waals surface area (Å²) in [5.74, 6) is 0.945. The van der Waals surface area contributed by atoms with Gasteiger partial charge < -0.3 is 14.4 Å². The Morgan fingerprint density at radius 1 is 0.786 bits per heavy atom. The smallest absolute Gasteiger partial charge is 0.246 e. The molecule has 1 aromatic heterocycles. The molecule has 5 rings (SSSR count). The van der Waals surface area contributed by atoms with E-state index in [-0.39, 0.29) is 24.8 Å². The van der Waals surface area contributed by atoms with Crippen LogP contribution >= 0.6 is 0 Å². The molecule has 0 unspecified atom stereocenters. The Hall–Kier alpha value is -5.37. The maximum absolute atomic E-state index is 13.5. The number of carbonyl (C=O) groups is 2. The van der Waals surface area contributed by atoms with Crippen LogP contribution in [0.2, 0.25) is 0 Å². The molecule has 0 spiro atoms. The van der Waals surface area contributed by atoms with E-state index < -0.39 is 0 Å². The largest absolute Gasteiger partial charge is 0.493 e. The van der Waals surface area contributed by atoms with Crippen molar-refractivity contribution in [2.24, 2.45) is 0 Å². The zero-order valence-corrected chi connectivity index (χ0v) is 23.6. The molecule has 0 atom stereocenters. The van der Waals surface area contributed by atoms with Gasteiger partial charge in [0.1, 0.15) is 6.54 Å². The Labute approximate surface area is 245 Å². The van der Waals surface area contributed by atoms with Gasteiger partial charge in [-0.25, -0.2) is 4.98 Å². The molecule has 8 heteroatoms. The lowest BCUT2D eigenvalue weighted by molar-refractivity contribution is -0.134. The minimum atomic E-state index is -0.362. The highest BCUT2D eigenvalue weighted by Crippen LogP contribution is 2.31. The van der Waals surface area contributed by atoms with Crippen molar-refractivity contribution < 1.29 is 19.1 Å². The van der Waals surface area contributed by atoms with E-state index in [1.165, 1.54) is 0 Å². The molecule has 1 N–H and O–H groups in total. The second-order valence-electron chi connectivity index (χ2n) is 9.67. The molecule has 0 fully saturated rings. The predicted molar refractivity (Wildman–Crippen MR) is 163 cm³/mol. The number of nitrogens with zero attached hydrogens (tertiary/aromatic N) is 3. The maximum atomic E-state index is 13.5. The van der Waals surface area contributed by atoms with E-state index in [9.17, 15) is 9.59 Å². The van der Waals surface area contributed by atoms with Gasteiger partial charge in [-0.2, -0.15) is 0 Å². The van der Waals surface area contributed by atoms with Gasteiger partial charge in [0.25, 0.3) is 0 Å². The Bertz CT molecular complexity index is 1640. The van der Waals surface area contributed by atoms with E-state index >= 15 is 0 Å². The van der Waals surface area contributed by atoms with Crippen LogP contribution in [0, 0.1) is 0 Å². The van der Waals surface area contributed by atoms with Crippen LogP contribution in [0.4, 0.5) is 5.95 Å². The molecule has 1 heterocycles. The third kappa shape index (κ3) is 6.85. The van der Waals surface area contributed by atoms with Gasteiger partial charge >= 0.3 is 0 Å². The fourth-order valence-corrected chi connectivity index (χ4v) is 4.64. The fourth-order valence-electron chi connectivity index (χ4n) is 4.64. The van der Waals surface area contributed by atoms with E-state index in [0.717, 1.165) is 22.4 Å². The lowest BCUT2D eigenvalue weighted by atomic mass is 10.1. The van der Waals surface area contributed by atoms with Gasteiger partial charge in [0.2, 0.25) is 17.8 Å². The van der Waals surface area contributed by atoms with Crippen LogP contribution in [-0.4, -0.2) is 47.0 Å². The van der Waals surface area contributed by atoms with Crippen molar-refractivity contribution in [2.75, 3.05) is 26.1 Å². The molecule has 5 aromatic rings. The molecule has 0 aliphatic heterocycles. The fraction of sp³-hybridized carbons (Fsp3) is 0.147. The molecule has 0 aliphatic carbocycles. The summed E-state index contributed by atoms with van der Waals surface area (Å²) >= 11 is 0. The van der Waals surface area contributed by atoms with Crippen molar-refractivity contribution in [2.45, 2.75) is 13.0 Å². The minimum Gasteiger partial charge on any atom is -0.493 e. The first-order chi connectivity index (χ1) is 20.5. The van der Waals surface area contributed by atoms with Crippen molar-refractivity contribution in [3.63, 3.8) is 0 Å². The highest BCUT2D eigenvalue weighted by molar-refractivity contribution is 5.94. The Morgan fingerprint density at radius 3 is 2.05 bits per heavy atom. The molecule has 0 bridgehead atoms. The van der Waals surface area contributed by atoms with Crippen molar-refractivity contribution in [1.29, 1.82) is 0 Å². The van der Waals surface area contributed by atoms with E-state index in [4.69, 9.17) is 14.5 Å². The van der Waals surface area contributed by atoms with Gasteiger partial charge in [-0.05, 0) is 23.3 Å². The van der Waals surface area contributed by atoms with Crippen LogP contribution in [0.25, 0.3) is 16.9 Å². The molecule has 2 amide bonds. The highest BCUT2D eigenvalue weighted by atomic mass is 16.5. The average Bonchev–Trinajstić information content (AvgIpc) is 3.45. The van der Waals surface area contributed by atoms with Crippen molar-refractivity contribution in [3.8, 4) is 28.4 Å². The average molecular weight is 561 g/mol. The first-order valence-electron chi connectivity index (χ1n) is 13.6. The van der Waals surface area contributed by atoms with Crippen molar-refractivity contribution >= 4 is 17.8 Å². The van der Waals surface area contributed by atoms with E-state index in [1.807, 2.05) is 109 Å². The number of aromatic nitrogens is 2. The van der Waals surface area contributed by atoms with Crippen LogP contribution < -0.4 is 14.8 Å². The van der Waals surface area contributed by atoms with Crippen molar-refractivity contribution in [1.82, 2.24) is 14.5 Å². The highest BCUT2D eigenvalue weighted by Gasteiger charge is 2.21. The third-order valence-corrected chi connectivity index (χ3v) is 6.77. The summed E-state index contributed by atoms with van der Waals surface area (Å²) in [6.07, 6.45) is 2.05.